The second-order valence-electron chi connectivity index (χ2n) is 5.48. The maximum absolute atomic E-state index is 12.3. The summed E-state index contributed by atoms with van der Waals surface area (Å²) in [4.78, 5) is 14.3. The second kappa shape index (κ2) is 8.05. The van der Waals surface area contributed by atoms with Crippen molar-refractivity contribution in [3.63, 3.8) is 0 Å². The van der Waals surface area contributed by atoms with Crippen LogP contribution in [0.1, 0.15) is 44.6 Å². The first kappa shape index (κ1) is 15.0. The molecule has 0 radical (unpaired) electrons. The summed E-state index contributed by atoms with van der Waals surface area (Å²) in [7, 11) is 0. The molecule has 0 saturated heterocycles. The summed E-state index contributed by atoms with van der Waals surface area (Å²) in [5, 5.41) is 3.37. The van der Waals surface area contributed by atoms with Gasteiger partial charge in [0.25, 0.3) is 0 Å². The van der Waals surface area contributed by atoms with Gasteiger partial charge in [0.05, 0.1) is 0 Å². The van der Waals surface area contributed by atoms with E-state index in [2.05, 4.69) is 30.4 Å². The molecular weight excluding hydrogens is 248 g/mol. The number of fused-ring (bicyclic) bond motifs is 1. The lowest BCUT2D eigenvalue weighted by molar-refractivity contribution is -0.118. The molecule has 1 aliphatic rings. The van der Waals surface area contributed by atoms with E-state index in [0.29, 0.717) is 6.42 Å². The second-order valence-corrected chi connectivity index (χ2v) is 5.48. The molecule has 3 heteroatoms. The smallest absolute Gasteiger partial charge is 0.228 e. The minimum Gasteiger partial charge on any atom is -0.316 e. The van der Waals surface area contributed by atoms with Crippen molar-refractivity contribution >= 4 is 11.6 Å². The van der Waals surface area contributed by atoms with Gasteiger partial charge < -0.3 is 10.2 Å². The van der Waals surface area contributed by atoms with Gasteiger partial charge in [-0.25, -0.2) is 0 Å². The zero-order valence-electron chi connectivity index (χ0n) is 12.5. The van der Waals surface area contributed by atoms with Crippen LogP contribution in [-0.4, -0.2) is 25.5 Å². The topological polar surface area (TPSA) is 32.3 Å². The van der Waals surface area contributed by atoms with E-state index in [-0.39, 0.29) is 5.91 Å². The molecule has 20 heavy (non-hydrogen) atoms. The van der Waals surface area contributed by atoms with Gasteiger partial charge in [-0.3, -0.25) is 4.79 Å². The summed E-state index contributed by atoms with van der Waals surface area (Å²) in [5.41, 5.74) is 2.43. The lowest BCUT2D eigenvalue weighted by Gasteiger charge is -2.29. The average Bonchev–Trinajstić information content (AvgIpc) is 2.50. The van der Waals surface area contributed by atoms with Gasteiger partial charge in [0.1, 0.15) is 0 Å². The van der Waals surface area contributed by atoms with Gasteiger partial charge in [-0.05, 0) is 37.4 Å². The molecule has 1 heterocycles. The van der Waals surface area contributed by atoms with E-state index < -0.39 is 0 Å². The Bertz CT molecular complexity index is 431. The molecular formula is C17H26N2O. The number of hydrogen-bond donors (Lipinski definition) is 1. The number of carbonyl (C=O) groups excluding carboxylic acids is 1. The Balaban J connectivity index is 1.79. The number of hydrogen-bond acceptors (Lipinski definition) is 2. The summed E-state index contributed by atoms with van der Waals surface area (Å²) < 4.78 is 0. The number of nitrogens with one attached hydrogen (secondary N) is 1. The number of amides is 1. The maximum atomic E-state index is 12.3. The van der Waals surface area contributed by atoms with Crippen LogP contribution in [0.25, 0.3) is 0 Å². The maximum Gasteiger partial charge on any atom is 0.228 e. The molecule has 3 nitrogen and oxygen atoms in total. The van der Waals surface area contributed by atoms with Crippen molar-refractivity contribution in [1.82, 2.24) is 5.32 Å². The third kappa shape index (κ3) is 4.07. The van der Waals surface area contributed by atoms with Crippen LogP contribution in [0, 0.1) is 0 Å². The van der Waals surface area contributed by atoms with Gasteiger partial charge >= 0.3 is 0 Å². The van der Waals surface area contributed by atoms with Crippen LogP contribution >= 0.6 is 0 Å². The molecule has 0 atom stereocenters. The lowest BCUT2D eigenvalue weighted by atomic mass is 10.0. The van der Waals surface area contributed by atoms with Crippen molar-refractivity contribution < 1.29 is 4.79 Å². The molecule has 0 bridgehead atoms. The first-order valence-corrected chi connectivity index (χ1v) is 7.92. The van der Waals surface area contributed by atoms with Gasteiger partial charge in [0.2, 0.25) is 5.91 Å². The Kier molecular flexibility index (Phi) is 6.06. The number of rotatable bonds is 7. The van der Waals surface area contributed by atoms with Crippen LogP contribution in [0.2, 0.25) is 0 Å². The van der Waals surface area contributed by atoms with E-state index in [4.69, 9.17) is 0 Å². The van der Waals surface area contributed by atoms with Gasteiger partial charge in [0, 0.05) is 25.2 Å². The molecule has 0 aliphatic carbocycles. The third-order valence-corrected chi connectivity index (χ3v) is 3.88. The quantitative estimate of drug-likeness (QED) is 0.775. The summed E-state index contributed by atoms with van der Waals surface area (Å²) in [5.74, 6) is 0.250. The Hall–Kier alpha value is -1.35. The molecule has 110 valence electrons. The van der Waals surface area contributed by atoms with E-state index in [9.17, 15) is 4.79 Å². The molecule has 1 amide bonds. The fraction of sp³-hybridized carbons (Fsp3) is 0.588. The first-order valence-electron chi connectivity index (χ1n) is 7.92. The highest BCUT2D eigenvalue weighted by atomic mass is 16.2. The minimum atomic E-state index is 0.250. The molecule has 0 unspecified atom stereocenters. The first-order chi connectivity index (χ1) is 9.83. The van der Waals surface area contributed by atoms with E-state index in [1.54, 1.807) is 0 Å². The van der Waals surface area contributed by atoms with Crippen molar-refractivity contribution in [3.8, 4) is 0 Å². The predicted octanol–water partition coefficient (Wildman–Crippen LogP) is 3.14. The van der Waals surface area contributed by atoms with Crippen molar-refractivity contribution in [2.75, 3.05) is 24.5 Å². The Morgan fingerprint density at radius 2 is 2.10 bits per heavy atom. The molecule has 1 aromatic rings. The molecule has 0 spiro atoms. The standard InChI is InChI=1S/C17H26N2O/c1-2-3-6-12-18-13-11-17(20)19-14-7-9-15-8-4-5-10-16(15)19/h4-5,8,10,18H,2-3,6-7,9,11-14H2,1H3. The molecule has 0 saturated carbocycles. The highest BCUT2D eigenvalue weighted by Crippen LogP contribution is 2.26. The summed E-state index contributed by atoms with van der Waals surface area (Å²) in [6.45, 7) is 4.89. The van der Waals surface area contributed by atoms with Gasteiger partial charge in [-0.1, -0.05) is 38.0 Å². The monoisotopic (exact) mass is 274 g/mol. The largest absolute Gasteiger partial charge is 0.316 e. The highest BCUT2D eigenvalue weighted by molar-refractivity contribution is 5.94. The number of unbranched alkanes of at least 4 members (excludes halogenated alkanes) is 2. The van der Waals surface area contributed by atoms with E-state index >= 15 is 0 Å². The van der Waals surface area contributed by atoms with Crippen molar-refractivity contribution in [2.24, 2.45) is 0 Å². The van der Waals surface area contributed by atoms with E-state index in [1.165, 1.54) is 24.8 Å². The lowest BCUT2D eigenvalue weighted by Crippen LogP contribution is -2.37. The zero-order valence-corrected chi connectivity index (χ0v) is 12.5. The number of nitrogens with zero attached hydrogens (tertiary/aromatic N) is 1. The van der Waals surface area contributed by atoms with Crippen molar-refractivity contribution in [3.05, 3.63) is 29.8 Å². The molecule has 1 N–H and O–H groups in total. The van der Waals surface area contributed by atoms with Crippen LogP contribution in [0.3, 0.4) is 0 Å². The highest BCUT2D eigenvalue weighted by Gasteiger charge is 2.21. The average molecular weight is 274 g/mol. The molecule has 2 rings (SSSR count). The molecule has 0 fully saturated rings. The Morgan fingerprint density at radius 1 is 1.25 bits per heavy atom. The molecule has 0 aromatic heterocycles. The number of carbonyl (C=O) groups is 1. The van der Waals surface area contributed by atoms with Crippen molar-refractivity contribution in [1.29, 1.82) is 0 Å². The Morgan fingerprint density at radius 3 is 2.95 bits per heavy atom. The zero-order chi connectivity index (χ0) is 14.2. The van der Waals surface area contributed by atoms with E-state index in [1.807, 2.05) is 11.0 Å². The normalized spacial score (nSPS) is 14.2. The fourth-order valence-corrected chi connectivity index (χ4v) is 2.75. The predicted molar refractivity (Wildman–Crippen MR) is 84.1 cm³/mol. The fourth-order valence-electron chi connectivity index (χ4n) is 2.75. The summed E-state index contributed by atoms with van der Waals surface area (Å²) in [6.07, 6.45) is 6.48. The summed E-state index contributed by atoms with van der Waals surface area (Å²) in [6, 6.07) is 8.29. The van der Waals surface area contributed by atoms with Crippen LogP contribution in [0.15, 0.2) is 24.3 Å². The molecule has 1 aromatic carbocycles. The van der Waals surface area contributed by atoms with Crippen molar-refractivity contribution in [2.45, 2.75) is 45.4 Å². The Labute approximate surface area is 122 Å². The van der Waals surface area contributed by atoms with Crippen LogP contribution in [-0.2, 0) is 11.2 Å². The van der Waals surface area contributed by atoms with Crippen LogP contribution in [0.5, 0.6) is 0 Å². The summed E-state index contributed by atoms with van der Waals surface area (Å²) >= 11 is 0. The third-order valence-electron chi connectivity index (χ3n) is 3.88. The number of para-hydroxylation sites is 1. The van der Waals surface area contributed by atoms with E-state index in [0.717, 1.165) is 38.2 Å². The SMILES string of the molecule is CCCCCNCCC(=O)N1CCCc2ccccc21. The number of aryl methyl sites for hydroxylation is 1. The van der Waals surface area contributed by atoms with Gasteiger partial charge in [-0.15, -0.1) is 0 Å². The van der Waals surface area contributed by atoms with Crippen LogP contribution < -0.4 is 10.2 Å². The number of benzene rings is 1. The molecule has 1 aliphatic heterocycles. The number of anilines is 1. The van der Waals surface area contributed by atoms with Gasteiger partial charge in [0.15, 0.2) is 0 Å². The van der Waals surface area contributed by atoms with Crippen LogP contribution in [0.4, 0.5) is 5.69 Å². The van der Waals surface area contributed by atoms with Gasteiger partial charge in [-0.2, -0.15) is 0 Å². The minimum absolute atomic E-state index is 0.250.